The number of rotatable bonds is 5. The Morgan fingerprint density at radius 3 is 2.41 bits per heavy atom. The minimum absolute atomic E-state index is 0.0869. The number of anilines is 1. The minimum atomic E-state index is 0.0869. The first kappa shape index (κ1) is 19.1. The molecule has 6 nitrogen and oxygen atoms in total. The number of nitrogens with zero attached hydrogens (tertiary/aromatic N) is 4. The van der Waals surface area contributed by atoms with Gasteiger partial charge in [0.05, 0.1) is 0 Å². The fourth-order valence-corrected chi connectivity index (χ4v) is 3.34. The zero-order valence-electron chi connectivity index (χ0n) is 16.6. The van der Waals surface area contributed by atoms with Crippen LogP contribution < -0.4 is 5.32 Å². The number of hydrogen-bond acceptors (Lipinski definition) is 5. The Morgan fingerprint density at radius 1 is 0.966 bits per heavy atom. The predicted octanol–water partition coefficient (Wildman–Crippen LogP) is 3.14. The molecule has 1 amide bonds. The molecule has 0 aliphatic carbocycles. The molecule has 0 unspecified atom stereocenters. The molecule has 2 aromatic carbocycles. The van der Waals surface area contributed by atoms with Crippen LogP contribution in [-0.4, -0.2) is 58.9 Å². The van der Waals surface area contributed by atoms with E-state index < -0.39 is 0 Å². The van der Waals surface area contributed by atoms with Gasteiger partial charge in [-0.25, -0.2) is 9.97 Å². The number of carbonyl (C=O) groups is 1. The maximum absolute atomic E-state index is 12.7. The quantitative estimate of drug-likeness (QED) is 0.729. The zero-order valence-corrected chi connectivity index (χ0v) is 16.6. The molecule has 1 saturated heterocycles. The topological polar surface area (TPSA) is 61.4 Å². The van der Waals surface area contributed by atoms with E-state index in [1.165, 1.54) is 5.56 Å². The molecule has 1 aromatic heterocycles. The van der Waals surface area contributed by atoms with Gasteiger partial charge < -0.3 is 15.1 Å². The van der Waals surface area contributed by atoms with Crippen LogP contribution in [0.15, 0.2) is 66.9 Å². The van der Waals surface area contributed by atoms with Crippen molar-refractivity contribution in [2.45, 2.75) is 6.54 Å². The summed E-state index contributed by atoms with van der Waals surface area (Å²) in [7, 11) is 2.08. The standard InChI is InChI=1S/C23H25N5O/c1-27-13-15-28(16-14-27)23(29)20-9-7-19(8-10-20)22-24-12-11-21(26-22)25-17-18-5-3-2-4-6-18/h2-12H,13-17H2,1H3,(H,24,25,26). The Hall–Kier alpha value is -3.25. The van der Waals surface area contributed by atoms with Crippen molar-refractivity contribution in [3.63, 3.8) is 0 Å². The normalized spacial score (nSPS) is 14.6. The fourth-order valence-electron chi connectivity index (χ4n) is 3.34. The van der Waals surface area contributed by atoms with Crippen LogP contribution in [0.4, 0.5) is 5.82 Å². The second kappa shape index (κ2) is 8.84. The summed E-state index contributed by atoms with van der Waals surface area (Å²) >= 11 is 0. The maximum atomic E-state index is 12.7. The lowest BCUT2D eigenvalue weighted by atomic mass is 10.1. The summed E-state index contributed by atoms with van der Waals surface area (Å²) in [4.78, 5) is 25.8. The molecule has 0 atom stereocenters. The smallest absolute Gasteiger partial charge is 0.253 e. The average Bonchev–Trinajstić information content (AvgIpc) is 2.79. The van der Waals surface area contributed by atoms with Gasteiger partial charge in [0.1, 0.15) is 5.82 Å². The summed E-state index contributed by atoms with van der Waals surface area (Å²) in [6.07, 6.45) is 1.75. The van der Waals surface area contributed by atoms with E-state index in [2.05, 4.69) is 39.4 Å². The fraction of sp³-hybridized carbons (Fsp3) is 0.261. The third-order valence-corrected chi connectivity index (χ3v) is 5.15. The van der Waals surface area contributed by atoms with E-state index in [4.69, 9.17) is 0 Å². The monoisotopic (exact) mass is 387 g/mol. The highest BCUT2D eigenvalue weighted by Crippen LogP contribution is 2.18. The summed E-state index contributed by atoms with van der Waals surface area (Å²) in [5.74, 6) is 1.50. The number of aromatic nitrogens is 2. The molecule has 1 N–H and O–H groups in total. The highest BCUT2D eigenvalue weighted by molar-refractivity contribution is 5.94. The molecule has 0 spiro atoms. The number of carbonyl (C=O) groups excluding carboxylic acids is 1. The Morgan fingerprint density at radius 2 is 1.69 bits per heavy atom. The minimum Gasteiger partial charge on any atom is -0.366 e. The first-order valence-electron chi connectivity index (χ1n) is 9.88. The van der Waals surface area contributed by atoms with Crippen LogP contribution in [0.3, 0.4) is 0 Å². The van der Waals surface area contributed by atoms with E-state index in [-0.39, 0.29) is 5.91 Å². The van der Waals surface area contributed by atoms with Crippen molar-refractivity contribution in [1.82, 2.24) is 19.8 Å². The van der Waals surface area contributed by atoms with Crippen LogP contribution in [0.1, 0.15) is 15.9 Å². The lowest BCUT2D eigenvalue weighted by molar-refractivity contribution is 0.0664. The van der Waals surface area contributed by atoms with Gasteiger partial charge >= 0.3 is 0 Å². The Balaban J connectivity index is 1.43. The van der Waals surface area contributed by atoms with Gasteiger partial charge in [0, 0.05) is 50.0 Å². The Bertz CT molecular complexity index is 951. The van der Waals surface area contributed by atoms with Crippen LogP contribution >= 0.6 is 0 Å². The van der Waals surface area contributed by atoms with E-state index in [0.29, 0.717) is 17.9 Å². The maximum Gasteiger partial charge on any atom is 0.253 e. The third kappa shape index (κ3) is 4.78. The summed E-state index contributed by atoms with van der Waals surface area (Å²) in [5, 5.41) is 3.33. The van der Waals surface area contributed by atoms with Gasteiger partial charge in [0.2, 0.25) is 0 Å². The van der Waals surface area contributed by atoms with Crippen LogP contribution in [0.25, 0.3) is 11.4 Å². The molecule has 1 aliphatic heterocycles. The number of benzene rings is 2. The number of nitrogens with one attached hydrogen (secondary N) is 1. The molecular weight excluding hydrogens is 362 g/mol. The van der Waals surface area contributed by atoms with Crippen molar-refractivity contribution < 1.29 is 4.79 Å². The van der Waals surface area contributed by atoms with Gasteiger partial charge in [-0.3, -0.25) is 4.79 Å². The molecule has 1 aliphatic rings. The molecule has 148 valence electrons. The van der Waals surface area contributed by atoms with Crippen molar-refractivity contribution in [3.8, 4) is 11.4 Å². The highest BCUT2D eigenvalue weighted by atomic mass is 16.2. The van der Waals surface area contributed by atoms with Crippen molar-refractivity contribution in [3.05, 3.63) is 78.0 Å². The second-order valence-electron chi connectivity index (χ2n) is 7.28. The molecule has 3 aromatic rings. The first-order chi connectivity index (χ1) is 14.2. The predicted molar refractivity (Wildman–Crippen MR) is 115 cm³/mol. The Labute approximate surface area is 171 Å². The van der Waals surface area contributed by atoms with Crippen LogP contribution in [0.5, 0.6) is 0 Å². The van der Waals surface area contributed by atoms with Gasteiger partial charge in [-0.05, 0) is 30.8 Å². The average molecular weight is 387 g/mol. The van der Waals surface area contributed by atoms with Gasteiger partial charge in [-0.15, -0.1) is 0 Å². The number of likely N-dealkylation sites (N-methyl/N-ethyl adjacent to an activating group) is 1. The molecule has 0 bridgehead atoms. The van der Waals surface area contributed by atoms with Gasteiger partial charge in [-0.2, -0.15) is 0 Å². The van der Waals surface area contributed by atoms with E-state index in [1.807, 2.05) is 53.4 Å². The largest absolute Gasteiger partial charge is 0.366 e. The lowest BCUT2D eigenvalue weighted by Crippen LogP contribution is -2.47. The van der Waals surface area contributed by atoms with E-state index in [0.717, 1.165) is 37.6 Å². The zero-order chi connectivity index (χ0) is 20.1. The van der Waals surface area contributed by atoms with Gasteiger partial charge in [0.15, 0.2) is 5.82 Å². The Kier molecular flexibility index (Phi) is 5.81. The van der Waals surface area contributed by atoms with E-state index in [1.54, 1.807) is 6.20 Å². The molecular formula is C23H25N5O. The molecule has 6 heteroatoms. The van der Waals surface area contributed by atoms with Crippen molar-refractivity contribution in [1.29, 1.82) is 0 Å². The highest BCUT2D eigenvalue weighted by Gasteiger charge is 2.20. The number of piperazine rings is 1. The number of hydrogen-bond donors (Lipinski definition) is 1. The molecule has 29 heavy (non-hydrogen) atoms. The molecule has 1 fully saturated rings. The summed E-state index contributed by atoms with van der Waals surface area (Å²) < 4.78 is 0. The SMILES string of the molecule is CN1CCN(C(=O)c2ccc(-c3nccc(NCc4ccccc4)n3)cc2)CC1. The van der Waals surface area contributed by atoms with Crippen LogP contribution in [-0.2, 0) is 6.54 Å². The van der Waals surface area contributed by atoms with E-state index >= 15 is 0 Å². The van der Waals surface area contributed by atoms with Crippen molar-refractivity contribution in [2.24, 2.45) is 0 Å². The molecule has 2 heterocycles. The lowest BCUT2D eigenvalue weighted by Gasteiger charge is -2.32. The summed E-state index contributed by atoms with van der Waals surface area (Å²) in [5.41, 5.74) is 2.79. The van der Waals surface area contributed by atoms with Gasteiger partial charge in [-0.1, -0.05) is 42.5 Å². The summed E-state index contributed by atoms with van der Waals surface area (Å²) in [6.45, 7) is 4.08. The first-order valence-corrected chi connectivity index (χ1v) is 9.88. The van der Waals surface area contributed by atoms with Crippen LogP contribution in [0.2, 0.25) is 0 Å². The van der Waals surface area contributed by atoms with Crippen molar-refractivity contribution in [2.75, 3.05) is 38.5 Å². The molecule has 0 radical (unpaired) electrons. The number of amides is 1. The van der Waals surface area contributed by atoms with Gasteiger partial charge in [0.25, 0.3) is 5.91 Å². The second-order valence-corrected chi connectivity index (χ2v) is 7.28. The summed E-state index contributed by atoms with van der Waals surface area (Å²) in [6, 6.07) is 19.6. The van der Waals surface area contributed by atoms with Crippen molar-refractivity contribution >= 4 is 11.7 Å². The molecule has 4 rings (SSSR count). The van der Waals surface area contributed by atoms with Crippen LogP contribution in [0, 0.1) is 0 Å². The van der Waals surface area contributed by atoms with E-state index in [9.17, 15) is 4.79 Å². The molecule has 0 saturated carbocycles. The third-order valence-electron chi connectivity index (χ3n) is 5.15.